The Bertz CT molecular complexity index is 1030. The first-order chi connectivity index (χ1) is 12.7. The molecule has 0 aliphatic carbocycles. The van der Waals surface area contributed by atoms with Gasteiger partial charge in [0.05, 0.1) is 11.4 Å². The lowest BCUT2D eigenvalue weighted by Crippen LogP contribution is -2.02. The molecule has 0 bridgehead atoms. The highest BCUT2D eigenvalue weighted by Crippen LogP contribution is 2.34. The van der Waals surface area contributed by atoms with E-state index >= 15 is 0 Å². The van der Waals surface area contributed by atoms with Gasteiger partial charge >= 0.3 is 0 Å². The molecule has 0 unspecified atom stereocenters. The molecule has 4 aromatic rings. The van der Waals surface area contributed by atoms with Gasteiger partial charge in [0.1, 0.15) is 5.69 Å². The molecule has 26 heavy (non-hydrogen) atoms. The largest absolute Gasteiger partial charge is 0.399 e. The van der Waals surface area contributed by atoms with Crippen LogP contribution in [0.1, 0.15) is 0 Å². The topological polar surface area (TPSA) is 77.8 Å². The number of hydrogen-bond donors (Lipinski definition) is 2. The van der Waals surface area contributed by atoms with E-state index in [0.29, 0.717) is 17.2 Å². The van der Waals surface area contributed by atoms with Gasteiger partial charge in [-0.2, -0.15) is 0 Å². The number of aromatic nitrogens is 2. The number of anilines is 2. The summed E-state index contributed by atoms with van der Waals surface area (Å²) in [5.41, 5.74) is 17.9. The molecule has 0 spiro atoms. The van der Waals surface area contributed by atoms with Gasteiger partial charge in [0.25, 0.3) is 0 Å². The van der Waals surface area contributed by atoms with Crippen LogP contribution in [-0.2, 0) is 0 Å². The van der Waals surface area contributed by atoms with Crippen LogP contribution in [0.25, 0.3) is 33.8 Å². The molecule has 1 heterocycles. The maximum Gasteiger partial charge on any atom is 0.150 e. The molecule has 3 aromatic carbocycles. The molecule has 4 heteroatoms. The summed E-state index contributed by atoms with van der Waals surface area (Å²) in [5.74, 6) is 0.411. The Balaban J connectivity index is 1.97. The van der Waals surface area contributed by atoms with E-state index in [2.05, 4.69) is 0 Å². The summed E-state index contributed by atoms with van der Waals surface area (Å²) < 4.78 is 0. The van der Waals surface area contributed by atoms with Crippen LogP contribution in [0.4, 0.5) is 11.5 Å². The average Bonchev–Trinajstić information content (AvgIpc) is 2.70. The molecule has 0 saturated carbocycles. The minimum Gasteiger partial charge on any atom is -0.399 e. The van der Waals surface area contributed by atoms with Gasteiger partial charge in [0, 0.05) is 22.4 Å². The zero-order valence-corrected chi connectivity index (χ0v) is 14.1. The van der Waals surface area contributed by atoms with Crippen LogP contribution in [0.5, 0.6) is 0 Å². The number of hydrogen-bond acceptors (Lipinski definition) is 4. The van der Waals surface area contributed by atoms with Crippen molar-refractivity contribution in [1.82, 2.24) is 9.97 Å². The summed E-state index contributed by atoms with van der Waals surface area (Å²) >= 11 is 0. The SMILES string of the molecule is Nc1ccc(-c2nc(-c3ccccc3)c(N)nc2-c2ccccc2)cc1. The Morgan fingerprint density at radius 2 is 0.923 bits per heavy atom. The van der Waals surface area contributed by atoms with Crippen molar-refractivity contribution >= 4 is 11.5 Å². The Morgan fingerprint density at radius 3 is 1.50 bits per heavy atom. The number of rotatable bonds is 3. The Morgan fingerprint density at radius 1 is 0.462 bits per heavy atom. The first-order valence-electron chi connectivity index (χ1n) is 8.36. The molecule has 4 rings (SSSR count). The molecule has 4 nitrogen and oxygen atoms in total. The fourth-order valence-corrected chi connectivity index (χ4v) is 2.90. The lowest BCUT2D eigenvalue weighted by Gasteiger charge is -2.13. The lowest BCUT2D eigenvalue weighted by molar-refractivity contribution is 1.22. The molecule has 0 radical (unpaired) electrons. The van der Waals surface area contributed by atoms with Crippen LogP contribution in [0, 0.1) is 0 Å². The van der Waals surface area contributed by atoms with Crippen molar-refractivity contribution in [1.29, 1.82) is 0 Å². The Labute approximate surface area is 152 Å². The summed E-state index contributed by atoms with van der Waals surface area (Å²) in [4.78, 5) is 9.59. The van der Waals surface area contributed by atoms with Gasteiger partial charge in [0.15, 0.2) is 5.82 Å². The second-order valence-corrected chi connectivity index (χ2v) is 6.01. The molecular weight excluding hydrogens is 320 g/mol. The van der Waals surface area contributed by atoms with Crippen LogP contribution in [0.2, 0.25) is 0 Å². The number of nitrogens with two attached hydrogens (primary N) is 2. The van der Waals surface area contributed by atoms with Gasteiger partial charge < -0.3 is 11.5 Å². The van der Waals surface area contributed by atoms with Gasteiger partial charge in [0.2, 0.25) is 0 Å². The van der Waals surface area contributed by atoms with Crippen molar-refractivity contribution in [2.24, 2.45) is 0 Å². The number of nitrogen functional groups attached to an aromatic ring is 2. The van der Waals surface area contributed by atoms with E-state index in [1.807, 2.05) is 84.9 Å². The van der Waals surface area contributed by atoms with Gasteiger partial charge in [-0.25, -0.2) is 9.97 Å². The quantitative estimate of drug-likeness (QED) is 0.533. The van der Waals surface area contributed by atoms with Crippen molar-refractivity contribution in [3.05, 3.63) is 84.9 Å². The van der Waals surface area contributed by atoms with E-state index < -0.39 is 0 Å². The second-order valence-electron chi connectivity index (χ2n) is 6.01. The molecule has 0 saturated heterocycles. The van der Waals surface area contributed by atoms with E-state index in [0.717, 1.165) is 28.1 Å². The standard InChI is InChI=1S/C22H18N4/c23-18-13-11-17(12-14-18)19-20(15-7-3-1-4-8-15)26-22(24)21(25-19)16-9-5-2-6-10-16/h1-14H,23H2,(H2,24,26). The van der Waals surface area contributed by atoms with E-state index in [9.17, 15) is 0 Å². The third-order valence-electron chi connectivity index (χ3n) is 4.20. The summed E-state index contributed by atoms with van der Waals surface area (Å²) in [6.07, 6.45) is 0. The molecule has 0 amide bonds. The first kappa shape index (κ1) is 15.8. The molecule has 1 aromatic heterocycles. The Hall–Kier alpha value is -3.66. The fourth-order valence-electron chi connectivity index (χ4n) is 2.90. The molecule has 4 N–H and O–H groups in total. The highest BCUT2D eigenvalue weighted by atomic mass is 14.9. The minimum atomic E-state index is 0.411. The zero-order chi connectivity index (χ0) is 17.9. The van der Waals surface area contributed by atoms with Crippen molar-refractivity contribution in [3.8, 4) is 33.8 Å². The van der Waals surface area contributed by atoms with E-state index in [4.69, 9.17) is 21.4 Å². The number of nitrogens with zero attached hydrogens (tertiary/aromatic N) is 2. The molecule has 0 aliphatic rings. The normalized spacial score (nSPS) is 10.6. The Kier molecular flexibility index (Phi) is 4.07. The highest BCUT2D eigenvalue weighted by molar-refractivity contribution is 5.83. The van der Waals surface area contributed by atoms with Crippen LogP contribution in [0.15, 0.2) is 84.9 Å². The minimum absolute atomic E-state index is 0.411. The monoisotopic (exact) mass is 338 g/mol. The highest BCUT2D eigenvalue weighted by Gasteiger charge is 2.16. The van der Waals surface area contributed by atoms with Crippen molar-refractivity contribution in [2.45, 2.75) is 0 Å². The summed E-state index contributed by atoms with van der Waals surface area (Å²) in [5, 5.41) is 0. The van der Waals surface area contributed by atoms with Crippen LogP contribution < -0.4 is 11.5 Å². The van der Waals surface area contributed by atoms with Crippen molar-refractivity contribution < 1.29 is 0 Å². The first-order valence-corrected chi connectivity index (χ1v) is 8.36. The van der Waals surface area contributed by atoms with Crippen molar-refractivity contribution in [3.63, 3.8) is 0 Å². The summed E-state index contributed by atoms with van der Waals surface area (Å²) in [6, 6.07) is 27.4. The molecule has 126 valence electrons. The predicted octanol–water partition coefficient (Wildman–Crippen LogP) is 4.64. The second kappa shape index (κ2) is 6.69. The lowest BCUT2D eigenvalue weighted by atomic mass is 10.0. The van der Waals surface area contributed by atoms with Crippen LogP contribution >= 0.6 is 0 Å². The maximum absolute atomic E-state index is 6.27. The molecule has 0 aliphatic heterocycles. The summed E-state index contributed by atoms with van der Waals surface area (Å²) in [6.45, 7) is 0. The van der Waals surface area contributed by atoms with E-state index in [-0.39, 0.29) is 0 Å². The number of benzene rings is 3. The third-order valence-corrected chi connectivity index (χ3v) is 4.20. The van der Waals surface area contributed by atoms with Crippen molar-refractivity contribution in [2.75, 3.05) is 11.5 Å². The zero-order valence-electron chi connectivity index (χ0n) is 14.1. The maximum atomic E-state index is 6.27. The van der Waals surface area contributed by atoms with Crippen LogP contribution in [0.3, 0.4) is 0 Å². The van der Waals surface area contributed by atoms with E-state index in [1.54, 1.807) is 0 Å². The molecule has 0 fully saturated rings. The predicted molar refractivity (Wildman–Crippen MR) is 107 cm³/mol. The molecule has 0 atom stereocenters. The average molecular weight is 338 g/mol. The smallest absolute Gasteiger partial charge is 0.150 e. The van der Waals surface area contributed by atoms with Gasteiger partial charge in [-0.05, 0) is 12.1 Å². The molecular formula is C22H18N4. The fraction of sp³-hybridized carbons (Fsp3) is 0. The third kappa shape index (κ3) is 3.00. The van der Waals surface area contributed by atoms with Crippen LogP contribution in [-0.4, -0.2) is 9.97 Å². The van der Waals surface area contributed by atoms with Gasteiger partial charge in [-0.1, -0.05) is 72.8 Å². The van der Waals surface area contributed by atoms with E-state index in [1.165, 1.54) is 0 Å². The van der Waals surface area contributed by atoms with Gasteiger partial charge in [-0.15, -0.1) is 0 Å². The summed E-state index contributed by atoms with van der Waals surface area (Å²) in [7, 11) is 0. The van der Waals surface area contributed by atoms with Gasteiger partial charge in [-0.3, -0.25) is 0 Å².